The quantitative estimate of drug-likeness (QED) is 0.554. The van der Waals surface area contributed by atoms with Crippen LogP contribution in [0.3, 0.4) is 0 Å². The zero-order valence-electron chi connectivity index (χ0n) is 10.1. The lowest BCUT2D eigenvalue weighted by Gasteiger charge is -2.36. The van der Waals surface area contributed by atoms with Crippen LogP contribution in [0, 0.1) is 23.2 Å². The summed E-state index contributed by atoms with van der Waals surface area (Å²) in [6, 6.07) is 0. The molecule has 2 fully saturated rings. The second-order valence-corrected chi connectivity index (χ2v) is 5.91. The van der Waals surface area contributed by atoms with E-state index in [0.29, 0.717) is 12.0 Å². The minimum absolute atomic E-state index is 0.324. The highest BCUT2D eigenvalue weighted by Gasteiger charge is 2.51. The van der Waals surface area contributed by atoms with Gasteiger partial charge in [-0.1, -0.05) is 26.0 Å². The fraction of sp³-hybridized carbons (Fsp3) is 0.857. The Bertz CT molecular complexity index is 242. The van der Waals surface area contributed by atoms with Crippen molar-refractivity contribution in [2.45, 2.75) is 46.0 Å². The van der Waals surface area contributed by atoms with Crippen molar-refractivity contribution in [2.24, 2.45) is 23.2 Å². The molecule has 0 radical (unpaired) electrons. The molecule has 2 saturated carbocycles. The molecule has 3 atom stereocenters. The molecular formula is C14H24O. The molecule has 1 N–H and O–H groups in total. The molecule has 0 aliphatic heterocycles. The molecular weight excluding hydrogens is 184 g/mol. The van der Waals surface area contributed by atoms with Gasteiger partial charge in [-0.25, -0.2) is 0 Å². The van der Waals surface area contributed by atoms with Crippen LogP contribution >= 0.6 is 0 Å². The Labute approximate surface area is 93.6 Å². The molecule has 3 unspecified atom stereocenters. The third-order valence-corrected chi connectivity index (χ3v) is 4.76. The second-order valence-electron chi connectivity index (χ2n) is 5.91. The maximum Gasteiger partial charge on any atom is 0.0433 e. The van der Waals surface area contributed by atoms with E-state index in [2.05, 4.69) is 26.0 Å². The summed E-state index contributed by atoms with van der Waals surface area (Å²) < 4.78 is 0. The van der Waals surface area contributed by atoms with Gasteiger partial charge in [0, 0.05) is 6.61 Å². The first-order valence-corrected chi connectivity index (χ1v) is 6.43. The van der Waals surface area contributed by atoms with Gasteiger partial charge < -0.3 is 5.11 Å². The normalized spacial score (nSPS) is 37.9. The van der Waals surface area contributed by atoms with Crippen LogP contribution in [-0.4, -0.2) is 11.7 Å². The highest BCUT2D eigenvalue weighted by Crippen LogP contribution is 2.59. The molecule has 0 aromatic carbocycles. The number of rotatable bonds is 4. The van der Waals surface area contributed by atoms with Crippen LogP contribution in [0.25, 0.3) is 0 Å². The molecule has 0 aromatic rings. The van der Waals surface area contributed by atoms with E-state index in [9.17, 15) is 0 Å². The molecule has 0 spiro atoms. The Morgan fingerprint density at radius 2 is 2.13 bits per heavy atom. The first-order chi connectivity index (χ1) is 7.16. The van der Waals surface area contributed by atoms with E-state index in [1.54, 1.807) is 0 Å². The van der Waals surface area contributed by atoms with Gasteiger partial charge in [-0.2, -0.15) is 0 Å². The first-order valence-electron chi connectivity index (χ1n) is 6.43. The van der Waals surface area contributed by atoms with Gasteiger partial charge in [0.1, 0.15) is 0 Å². The van der Waals surface area contributed by atoms with E-state index in [1.165, 1.54) is 19.3 Å². The average molecular weight is 208 g/mol. The van der Waals surface area contributed by atoms with Gasteiger partial charge >= 0.3 is 0 Å². The fourth-order valence-corrected chi connectivity index (χ4v) is 3.76. The number of hydrogen-bond donors (Lipinski definition) is 1. The van der Waals surface area contributed by atoms with E-state index in [4.69, 9.17) is 5.11 Å². The molecule has 1 nitrogen and oxygen atoms in total. The number of allylic oxidation sites excluding steroid dienone is 2. The average Bonchev–Trinajstić information content (AvgIpc) is 2.73. The van der Waals surface area contributed by atoms with Crippen molar-refractivity contribution in [2.75, 3.05) is 6.61 Å². The monoisotopic (exact) mass is 208 g/mol. The maximum atomic E-state index is 8.73. The summed E-state index contributed by atoms with van der Waals surface area (Å²) in [5, 5.41) is 8.73. The molecule has 2 aliphatic rings. The predicted octanol–water partition coefficient (Wildman–Crippen LogP) is 3.39. The molecule has 0 amide bonds. The van der Waals surface area contributed by atoms with Crippen LogP contribution in [0.2, 0.25) is 0 Å². The van der Waals surface area contributed by atoms with E-state index >= 15 is 0 Å². The van der Waals surface area contributed by atoms with Gasteiger partial charge in [0.15, 0.2) is 0 Å². The van der Waals surface area contributed by atoms with Gasteiger partial charge in [-0.05, 0) is 55.3 Å². The zero-order chi connectivity index (χ0) is 10.9. The van der Waals surface area contributed by atoms with E-state index in [-0.39, 0.29) is 0 Å². The van der Waals surface area contributed by atoms with Gasteiger partial charge in [0.25, 0.3) is 0 Å². The Morgan fingerprint density at radius 3 is 2.73 bits per heavy atom. The molecule has 2 rings (SSSR count). The molecule has 86 valence electrons. The number of hydrogen-bond acceptors (Lipinski definition) is 1. The van der Waals surface area contributed by atoms with Crippen LogP contribution in [0.4, 0.5) is 0 Å². The van der Waals surface area contributed by atoms with Crippen molar-refractivity contribution < 1.29 is 5.11 Å². The summed E-state index contributed by atoms with van der Waals surface area (Å²) in [5.74, 6) is 2.72. The molecule has 1 heteroatoms. The van der Waals surface area contributed by atoms with Gasteiger partial charge in [-0.15, -0.1) is 0 Å². The van der Waals surface area contributed by atoms with Crippen LogP contribution in [0.15, 0.2) is 12.2 Å². The topological polar surface area (TPSA) is 20.2 Å². The third kappa shape index (κ3) is 1.99. The molecule has 0 heterocycles. The summed E-state index contributed by atoms with van der Waals surface area (Å²) in [7, 11) is 0. The van der Waals surface area contributed by atoms with Crippen molar-refractivity contribution in [3.8, 4) is 0 Å². The van der Waals surface area contributed by atoms with Gasteiger partial charge in [0.05, 0.1) is 0 Å². The van der Waals surface area contributed by atoms with Crippen molar-refractivity contribution in [3.63, 3.8) is 0 Å². The van der Waals surface area contributed by atoms with Crippen molar-refractivity contribution in [1.29, 1.82) is 0 Å². The standard InChI is InChI=1S/C14H24O/c1-14(2)12-8-7-11(10-12)13(14)6-4-3-5-9-15/h4,6,11-13,15H,3,5,7-10H2,1-2H3/b6-4+. The van der Waals surface area contributed by atoms with Gasteiger partial charge in [-0.3, -0.25) is 0 Å². The van der Waals surface area contributed by atoms with Crippen molar-refractivity contribution in [3.05, 3.63) is 12.2 Å². The predicted molar refractivity (Wildman–Crippen MR) is 63.6 cm³/mol. The summed E-state index contributed by atoms with van der Waals surface area (Å²) in [6.07, 6.45) is 11.1. The van der Waals surface area contributed by atoms with Crippen LogP contribution < -0.4 is 0 Å². The highest BCUT2D eigenvalue weighted by molar-refractivity contribution is 5.09. The smallest absolute Gasteiger partial charge is 0.0433 e. The Balaban J connectivity index is 1.94. The SMILES string of the molecule is CC1(C)C2CCC(C2)C1/C=C/CCCO. The summed E-state index contributed by atoms with van der Waals surface area (Å²) in [4.78, 5) is 0. The van der Waals surface area contributed by atoms with Crippen LogP contribution in [-0.2, 0) is 0 Å². The fourth-order valence-electron chi connectivity index (χ4n) is 3.76. The summed E-state index contributed by atoms with van der Waals surface area (Å²) >= 11 is 0. The Hall–Kier alpha value is -0.300. The summed E-state index contributed by atoms with van der Waals surface area (Å²) in [5.41, 5.74) is 0.526. The van der Waals surface area contributed by atoms with E-state index in [1.807, 2.05) is 0 Å². The van der Waals surface area contributed by atoms with Crippen LogP contribution in [0.1, 0.15) is 46.0 Å². The van der Waals surface area contributed by atoms with Gasteiger partial charge in [0.2, 0.25) is 0 Å². The first kappa shape index (κ1) is 11.2. The Kier molecular flexibility index (Phi) is 3.20. The Morgan fingerprint density at radius 1 is 1.33 bits per heavy atom. The third-order valence-electron chi connectivity index (χ3n) is 4.76. The van der Waals surface area contributed by atoms with E-state index < -0.39 is 0 Å². The minimum atomic E-state index is 0.324. The number of unbranched alkanes of at least 4 members (excludes halogenated alkanes) is 1. The number of aliphatic hydroxyl groups is 1. The molecule has 0 saturated heterocycles. The maximum absolute atomic E-state index is 8.73. The lowest BCUT2D eigenvalue weighted by molar-refractivity contribution is 0.158. The minimum Gasteiger partial charge on any atom is -0.396 e. The van der Waals surface area contributed by atoms with Crippen molar-refractivity contribution >= 4 is 0 Å². The second kappa shape index (κ2) is 4.29. The summed E-state index contributed by atoms with van der Waals surface area (Å²) in [6.45, 7) is 5.21. The van der Waals surface area contributed by atoms with Crippen molar-refractivity contribution in [1.82, 2.24) is 0 Å². The van der Waals surface area contributed by atoms with Crippen LogP contribution in [0.5, 0.6) is 0 Å². The molecule has 0 aromatic heterocycles. The largest absolute Gasteiger partial charge is 0.396 e. The highest BCUT2D eigenvalue weighted by atomic mass is 16.2. The zero-order valence-corrected chi connectivity index (χ0v) is 10.1. The molecule has 2 bridgehead atoms. The lowest BCUT2D eigenvalue weighted by Crippen LogP contribution is -2.29. The molecule has 15 heavy (non-hydrogen) atoms. The molecule has 2 aliphatic carbocycles. The lowest BCUT2D eigenvalue weighted by atomic mass is 9.68. The number of fused-ring (bicyclic) bond motifs is 2. The number of aliphatic hydroxyl groups excluding tert-OH is 1. The van der Waals surface area contributed by atoms with E-state index in [0.717, 1.165) is 30.6 Å².